The van der Waals surface area contributed by atoms with Crippen molar-refractivity contribution in [2.45, 2.75) is 32.2 Å². The number of nitrogens with one attached hydrogen (secondary N) is 2. The highest BCUT2D eigenvalue weighted by atomic mass is 16.2. The third-order valence-corrected chi connectivity index (χ3v) is 4.27. The Kier molecular flexibility index (Phi) is 4.13. The number of aromatic nitrogens is 1. The van der Waals surface area contributed by atoms with Gasteiger partial charge in [0.05, 0.1) is 6.42 Å². The lowest BCUT2D eigenvalue weighted by Crippen LogP contribution is -2.46. The molecular weight excluding hydrogens is 278 g/mol. The van der Waals surface area contributed by atoms with Gasteiger partial charge in [-0.25, -0.2) is 0 Å². The van der Waals surface area contributed by atoms with Crippen LogP contribution in [-0.4, -0.2) is 40.8 Å². The average Bonchev–Trinajstić information content (AvgIpc) is 2.91. The highest BCUT2D eigenvalue weighted by Gasteiger charge is 2.23. The first kappa shape index (κ1) is 14.6. The molecule has 1 aliphatic rings. The number of hydrogen-bond acceptors (Lipinski definition) is 2. The fourth-order valence-electron chi connectivity index (χ4n) is 3.11. The maximum atomic E-state index is 12.5. The largest absolute Gasteiger partial charge is 0.361 e. The Bertz CT molecular complexity index is 684. The van der Waals surface area contributed by atoms with Crippen LogP contribution in [0.25, 0.3) is 10.9 Å². The minimum Gasteiger partial charge on any atom is -0.361 e. The topological polar surface area (TPSA) is 65.2 Å². The molecule has 0 spiro atoms. The molecule has 2 heterocycles. The van der Waals surface area contributed by atoms with Gasteiger partial charge >= 0.3 is 0 Å². The molecule has 1 aromatic carbocycles. The zero-order chi connectivity index (χ0) is 15.5. The lowest BCUT2D eigenvalue weighted by Gasteiger charge is -2.32. The van der Waals surface area contributed by atoms with Crippen LogP contribution in [0.5, 0.6) is 0 Å². The molecule has 3 rings (SSSR count). The Morgan fingerprint density at radius 3 is 2.73 bits per heavy atom. The molecule has 2 aromatic rings. The number of amides is 2. The highest BCUT2D eigenvalue weighted by Crippen LogP contribution is 2.19. The molecule has 1 aromatic heterocycles. The van der Waals surface area contributed by atoms with E-state index in [4.69, 9.17) is 0 Å². The monoisotopic (exact) mass is 299 g/mol. The van der Waals surface area contributed by atoms with Gasteiger partial charge < -0.3 is 15.2 Å². The fraction of sp³-hybridized carbons (Fsp3) is 0.412. The van der Waals surface area contributed by atoms with E-state index in [2.05, 4.69) is 10.3 Å². The van der Waals surface area contributed by atoms with Crippen LogP contribution in [0, 0.1) is 0 Å². The van der Waals surface area contributed by atoms with Crippen LogP contribution < -0.4 is 5.32 Å². The van der Waals surface area contributed by atoms with E-state index in [1.54, 1.807) is 0 Å². The van der Waals surface area contributed by atoms with Gasteiger partial charge in [-0.05, 0) is 24.5 Å². The van der Waals surface area contributed by atoms with Crippen molar-refractivity contribution in [1.29, 1.82) is 0 Å². The second-order valence-corrected chi connectivity index (χ2v) is 5.89. The minimum absolute atomic E-state index is 0.00330. The molecule has 0 radical (unpaired) electrons. The summed E-state index contributed by atoms with van der Waals surface area (Å²) in [4.78, 5) is 28.6. The Morgan fingerprint density at radius 2 is 2.00 bits per heavy atom. The zero-order valence-electron chi connectivity index (χ0n) is 12.8. The molecule has 5 nitrogen and oxygen atoms in total. The average molecular weight is 299 g/mol. The van der Waals surface area contributed by atoms with E-state index >= 15 is 0 Å². The van der Waals surface area contributed by atoms with Gasteiger partial charge in [-0.3, -0.25) is 9.59 Å². The smallest absolute Gasteiger partial charge is 0.227 e. The third-order valence-electron chi connectivity index (χ3n) is 4.27. The number of para-hydroxylation sites is 1. The van der Waals surface area contributed by atoms with Gasteiger partial charge in [0.25, 0.3) is 0 Å². The van der Waals surface area contributed by atoms with Gasteiger partial charge in [0.1, 0.15) is 0 Å². The number of benzene rings is 1. The van der Waals surface area contributed by atoms with E-state index in [-0.39, 0.29) is 17.9 Å². The Hall–Kier alpha value is -2.30. The molecule has 1 aliphatic heterocycles. The van der Waals surface area contributed by atoms with Crippen molar-refractivity contribution < 1.29 is 9.59 Å². The number of rotatable bonds is 3. The van der Waals surface area contributed by atoms with Gasteiger partial charge in [-0.2, -0.15) is 0 Å². The number of likely N-dealkylation sites (tertiary alicyclic amines) is 1. The van der Waals surface area contributed by atoms with E-state index in [0.717, 1.165) is 29.3 Å². The van der Waals surface area contributed by atoms with Gasteiger partial charge in [-0.15, -0.1) is 0 Å². The molecule has 2 N–H and O–H groups in total. The quantitative estimate of drug-likeness (QED) is 0.908. The minimum atomic E-state index is 0.00330. The molecule has 0 aliphatic carbocycles. The lowest BCUT2D eigenvalue weighted by atomic mass is 10.0. The molecule has 1 saturated heterocycles. The summed E-state index contributed by atoms with van der Waals surface area (Å²) in [6, 6.07) is 8.23. The number of hydrogen-bond donors (Lipinski definition) is 2. The Labute approximate surface area is 129 Å². The van der Waals surface area contributed by atoms with Crippen molar-refractivity contribution in [3.63, 3.8) is 0 Å². The summed E-state index contributed by atoms with van der Waals surface area (Å²) >= 11 is 0. The van der Waals surface area contributed by atoms with Crippen molar-refractivity contribution >= 4 is 22.7 Å². The molecular formula is C17H21N3O2. The summed E-state index contributed by atoms with van der Waals surface area (Å²) in [7, 11) is 0. The molecule has 1 fully saturated rings. The number of H-pyrrole nitrogens is 1. The normalized spacial score (nSPS) is 16.0. The number of carbonyl (C=O) groups excluding carboxylic acids is 2. The molecule has 0 saturated carbocycles. The van der Waals surface area contributed by atoms with Crippen LogP contribution in [0.4, 0.5) is 0 Å². The van der Waals surface area contributed by atoms with E-state index < -0.39 is 0 Å². The van der Waals surface area contributed by atoms with Crippen LogP contribution in [0.15, 0.2) is 30.5 Å². The van der Waals surface area contributed by atoms with E-state index in [1.807, 2.05) is 35.4 Å². The Morgan fingerprint density at radius 1 is 1.27 bits per heavy atom. The predicted molar refractivity (Wildman–Crippen MR) is 85.4 cm³/mol. The van der Waals surface area contributed by atoms with Crippen LogP contribution >= 0.6 is 0 Å². The van der Waals surface area contributed by atoms with Gasteiger partial charge in [0.15, 0.2) is 0 Å². The maximum Gasteiger partial charge on any atom is 0.227 e. The lowest BCUT2D eigenvalue weighted by molar-refractivity contribution is -0.131. The van der Waals surface area contributed by atoms with Crippen LogP contribution in [0.2, 0.25) is 0 Å². The second-order valence-electron chi connectivity index (χ2n) is 5.89. The molecule has 0 bridgehead atoms. The number of carbonyl (C=O) groups is 2. The second kappa shape index (κ2) is 6.22. The van der Waals surface area contributed by atoms with Crippen LogP contribution in [0.1, 0.15) is 25.3 Å². The van der Waals surface area contributed by atoms with Crippen molar-refractivity contribution in [3.05, 3.63) is 36.0 Å². The maximum absolute atomic E-state index is 12.5. The van der Waals surface area contributed by atoms with Gasteiger partial charge in [0, 0.05) is 43.2 Å². The number of piperidine rings is 1. The number of aromatic amines is 1. The first-order valence-corrected chi connectivity index (χ1v) is 7.73. The molecule has 0 atom stereocenters. The van der Waals surface area contributed by atoms with E-state index in [0.29, 0.717) is 19.5 Å². The first-order chi connectivity index (χ1) is 10.6. The predicted octanol–water partition coefficient (Wildman–Crippen LogP) is 1.84. The van der Waals surface area contributed by atoms with E-state index in [9.17, 15) is 9.59 Å². The highest BCUT2D eigenvalue weighted by molar-refractivity contribution is 5.88. The summed E-state index contributed by atoms with van der Waals surface area (Å²) in [5.41, 5.74) is 2.11. The third kappa shape index (κ3) is 3.13. The number of nitrogens with zero attached hydrogens (tertiary/aromatic N) is 1. The van der Waals surface area contributed by atoms with Crippen molar-refractivity contribution in [3.8, 4) is 0 Å². The van der Waals surface area contributed by atoms with Crippen molar-refractivity contribution in [2.24, 2.45) is 0 Å². The molecule has 2 amide bonds. The zero-order valence-corrected chi connectivity index (χ0v) is 12.8. The van der Waals surface area contributed by atoms with Crippen molar-refractivity contribution in [2.75, 3.05) is 13.1 Å². The van der Waals surface area contributed by atoms with Gasteiger partial charge in [-0.1, -0.05) is 18.2 Å². The summed E-state index contributed by atoms with van der Waals surface area (Å²) in [5.74, 6) is 0.162. The fourth-order valence-corrected chi connectivity index (χ4v) is 3.11. The van der Waals surface area contributed by atoms with Crippen molar-refractivity contribution in [1.82, 2.24) is 15.2 Å². The molecule has 22 heavy (non-hydrogen) atoms. The standard InChI is InChI=1S/C17H21N3O2/c1-12(21)19-14-6-8-20(9-7-14)17(22)10-13-11-18-16-5-3-2-4-15(13)16/h2-5,11,14,18H,6-10H2,1H3,(H,19,21). The van der Waals surface area contributed by atoms with E-state index in [1.165, 1.54) is 6.92 Å². The van der Waals surface area contributed by atoms with Crippen LogP contribution in [-0.2, 0) is 16.0 Å². The number of fused-ring (bicyclic) bond motifs is 1. The van der Waals surface area contributed by atoms with Gasteiger partial charge in [0.2, 0.25) is 11.8 Å². The summed E-state index contributed by atoms with van der Waals surface area (Å²) in [6.07, 6.45) is 4.01. The molecule has 116 valence electrons. The molecule has 5 heteroatoms. The molecule has 0 unspecified atom stereocenters. The summed E-state index contributed by atoms with van der Waals surface area (Å²) in [5, 5.41) is 4.04. The Balaban J connectivity index is 1.60. The first-order valence-electron chi connectivity index (χ1n) is 7.73. The SMILES string of the molecule is CC(=O)NC1CCN(C(=O)Cc2c[nH]c3ccccc23)CC1. The summed E-state index contributed by atoms with van der Waals surface area (Å²) in [6.45, 7) is 2.97. The van der Waals surface area contributed by atoms with Crippen LogP contribution in [0.3, 0.4) is 0 Å². The summed E-state index contributed by atoms with van der Waals surface area (Å²) < 4.78 is 0.